The smallest absolute Gasteiger partial charge is 0.287 e. The minimum absolute atomic E-state index is 0.0467. The average Bonchev–Trinajstić information content (AvgIpc) is 2.70. The fourth-order valence-corrected chi connectivity index (χ4v) is 3.42. The maximum Gasteiger partial charge on any atom is 0.287 e. The summed E-state index contributed by atoms with van der Waals surface area (Å²) >= 11 is 0. The zero-order valence-electron chi connectivity index (χ0n) is 15.2. The second-order valence-corrected chi connectivity index (χ2v) is 7.47. The maximum atomic E-state index is 12.5. The van der Waals surface area contributed by atoms with Crippen molar-refractivity contribution in [2.75, 3.05) is 6.61 Å². The van der Waals surface area contributed by atoms with Crippen molar-refractivity contribution >= 4 is 26.7 Å². The van der Waals surface area contributed by atoms with Crippen LogP contribution in [-0.2, 0) is 17.1 Å². The minimum Gasteiger partial charge on any atom is -0.494 e. The highest BCUT2D eigenvalue weighted by molar-refractivity contribution is 7.89. The first-order valence-electron chi connectivity index (χ1n) is 8.34. The Morgan fingerprint density at radius 2 is 1.75 bits per heavy atom. The number of hydrogen-bond donors (Lipinski definition) is 2. The third-order valence-electron chi connectivity index (χ3n) is 3.92. The second kappa shape index (κ2) is 7.79. The summed E-state index contributed by atoms with van der Waals surface area (Å²) in [5.74, 6) is -0.257. The lowest BCUT2D eigenvalue weighted by molar-refractivity contribution is 0.0940. The topological polar surface area (TPSA) is 119 Å². The van der Waals surface area contributed by atoms with Gasteiger partial charge in [0, 0.05) is 12.4 Å². The molecule has 0 saturated carbocycles. The molecule has 0 radical (unpaired) electrons. The van der Waals surface area contributed by atoms with E-state index in [4.69, 9.17) is 4.74 Å². The van der Waals surface area contributed by atoms with E-state index in [0.29, 0.717) is 23.1 Å². The van der Waals surface area contributed by atoms with Crippen LogP contribution < -0.4 is 20.6 Å². The van der Waals surface area contributed by atoms with Gasteiger partial charge in [-0.1, -0.05) is 18.2 Å². The number of fused-ring (bicyclic) bond motifs is 1. The first kappa shape index (κ1) is 19.5. The molecule has 1 aromatic heterocycles. The summed E-state index contributed by atoms with van der Waals surface area (Å²) in [7, 11) is -2.59. The molecule has 9 nitrogen and oxygen atoms in total. The molecule has 0 aliphatic carbocycles. The molecule has 0 saturated heterocycles. The molecule has 0 unspecified atom stereocenters. The number of aromatic nitrogens is 2. The number of nitrogens with one attached hydrogen (secondary N) is 2. The summed E-state index contributed by atoms with van der Waals surface area (Å²) in [6.45, 7) is 2.28. The van der Waals surface area contributed by atoms with Crippen LogP contribution in [0.2, 0.25) is 0 Å². The number of carbonyl (C=O) groups is 1. The van der Waals surface area contributed by atoms with Crippen molar-refractivity contribution in [1.29, 1.82) is 0 Å². The Hall–Kier alpha value is -3.24. The van der Waals surface area contributed by atoms with Crippen LogP contribution in [0, 0.1) is 0 Å². The summed E-state index contributed by atoms with van der Waals surface area (Å²) in [4.78, 5) is 26.6. The largest absolute Gasteiger partial charge is 0.494 e. The summed E-state index contributed by atoms with van der Waals surface area (Å²) < 4.78 is 31.1. The van der Waals surface area contributed by atoms with Crippen molar-refractivity contribution in [3.05, 3.63) is 64.6 Å². The van der Waals surface area contributed by atoms with Crippen molar-refractivity contribution < 1.29 is 17.9 Å². The molecule has 0 fully saturated rings. The Bertz CT molecular complexity index is 1190. The monoisotopic (exact) mass is 402 g/mol. The van der Waals surface area contributed by atoms with Gasteiger partial charge in [0.25, 0.3) is 21.5 Å². The van der Waals surface area contributed by atoms with Crippen LogP contribution in [0.25, 0.3) is 10.8 Å². The van der Waals surface area contributed by atoms with Crippen LogP contribution in [0.3, 0.4) is 0 Å². The minimum atomic E-state index is -4.00. The van der Waals surface area contributed by atoms with Gasteiger partial charge in [-0.2, -0.15) is 5.10 Å². The summed E-state index contributed by atoms with van der Waals surface area (Å²) in [5.41, 5.74) is 1.69. The van der Waals surface area contributed by atoms with E-state index in [9.17, 15) is 18.0 Å². The van der Waals surface area contributed by atoms with E-state index in [1.807, 2.05) is 11.8 Å². The molecule has 1 heterocycles. The number of benzene rings is 2. The van der Waals surface area contributed by atoms with Gasteiger partial charge in [-0.3, -0.25) is 15.0 Å². The number of carbonyl (C=O) groups excluding carboxylic acids is 1. The van der Waals surface area contributed by atoms with Gasteiger partial charge in [-0.15, -0.1) is 4.83 Å². The number of sulfonamides is 1. The highest BCUT2D eigenvalue weighted by Gasteiger charge is 2.19. The molecule has 0 spiro atoms. The Morgan fingerprint density at radius 1 is 1.11 bits per heavy atom. The predicted octanol–water partition coefficient (Wildman–Crippen LogP) is 0.956. The molecule has 0 aliphatic heterocycles. The van der Waals surface area contributed by atoms with E-state index in [2.05, 4.69) is 10.5 Å². The van der Waals surface area contributed by atoms with Crippen molar-refractivity contribution in [1.82, 2.24) is 20.0 Å². The number of aryl methyl sites for hydroxylation is 1. The molecule has 2 aromatic carbocycles. The maximum absolute atomic E-state index is 12.5. The summed E-state index contributed by atoms with van der Waals surface area (Å²) in [6.07, 6.45) is 0. The van der Waals surface area contributed by atoms with E-state index in [-0.39, 0.29) is 16.1 Å². The highest BCUT2D eigenvalue weighted by Crippen LogP contribution is 2.16. The summed E-state index contributed by atoms with van der Waals surface area (Å²) in [6, 6.07) is 12.2. The number of ether oxygens (including phenoxy) is 1. The van der Waals surface area contributed by atoms with Crippen molar-refractivity contribution in [2.24, 2.45) is 7.05 Å². The zero-order chi connectivity index (χ0) is 20.3. The normalized spacial score (nSPS) is 11.4. The standard InChI is InChI=1S/C18H18N4O5S/c1-3-27-12-8-10-13(11-9-12)28(25,26)21-19-17(23)16-14-6-4-5-7-15(14)18(24)22(2)20-16/h4-11,21H,3H2,1-2H3,(H,19,23). The van der Waals surface area contributed by atoms with E-state index in [1.54, 1.807) is 24.3 Å². The van der Waals surface area contributed by atoms with E-state index in [1.165, 1.54) is 31.3 Å². The van der Waals surface area contributed by atoms with Gasteiger partial charge in [-0.05, 0) is 37.3 Å². The van der Waals surface area contributed by atoms with Crippen LogP contribution >= 0.6 is 0 Å². The lowest BCUT2D eigenvalue weighted by Crippen LogP contribution is -2.42. The lowest BCUT2D eigenvalue weighted by Gasteiger charge is -2.11. The number of amides is 1. The molecular formula is C18H18N4O5S. The second-order valence-electron chi connectivity index (χ2n) is 5.79. The van der Waals surface area contributed by atoms with Crippen molar-refractivity contribution in [2.45, 2.75) is 11.8 Å². The number of hydrogen-bond acceptors (Lipinski definition) is 6. The van der Waals surface area contributed by atoms with Gasteiger partial charge in [0.2, 0.25) is 0 Å². The first-order valence-corrected chi connectivity index (χ1v) is 9.83. The first-order chi connectivity index (χ1) is 13.3. The lowest BCUT2D eigenvalue weighted by atomic mass is 10.1. The van der Waals surface area contributed by atoms with Crippen LogP contribution in [-0.4, -0.2) is 30.7 Å². The Balaban J connectivity index is 1.83. The van der Waals surface area contributed by atoms with Crippen LogP contribution in [0.15, 0.2) is 58.2 Å². The SMILES string of the molecule is CCOc1ccc(S(=O)(=O)NNC(=O)c2nn(C)c(=O)c3ccccc23)cc1. The van der Waals surface area contributed by atoms with Crippen molar-refractivity contribution in [3.63, 3.8) is 0 Å². The van der Waals surface area contributed by atoms with Crippen molar-refractivity contribution in [3.8, 4) is 5.75 Å². The number of rotatable bonds is 6. The highest BCUT2D eigenvalue weighted by atomic mass is 32.2. The predicted molar refractivity (Wildman–Crippen MR) is 102 cm³/mol. The zero-order valence-corrected chi connectivity index (χ0v) is 16.0. The van der Waals surface area contributed by atoms with Crippen LogP contribution in [0.5, 0.6) is 5.75 Å². The van der Waals surface area contributed by atoms with Gasteiger partial charge in [0.05, 0.1) is 16.9 Å². The molecule has 2 N–H and O–H groups in total. The molecule has 0 aliphatic rings. The van der Waals surface area contributed by atoms with Gasteiger partial charge in [-0.25, -0.2) is 13.1 Å². The molecular weight excluding hydrogens is 384 g/mol. The van der Waals surface area contributed by atoms with Gasteiger partial charge in [0.1, 0.15) is 5.75 Å². The van der Waals surface area contributed by atoms with Gasteiger partial charge in [0.15, 0.2) is 5.69 Å². The molecule has 146 valence electrons. The van der Waals surface area contributed by atoms with Gasteiger partial charge >= 0.3 is 0 Å². The molecule has 0 bridgehead atoms. The third kappa shape index (κ3) is 3.87. The molecule has 1 amide bonds. The Kier molecular flexibility index (Phi) is 5.43. The molecule has 3 aromatic rings. The molecule has 3 rings (SSSR count). The van der Waals surface area contributed by atoms with Gasteiger partial charge < -0.3 is 4.74 Å². The molecule has 28 heavy (non-hydrogen) atoms. The summed E-state index contributed by atoms with van der Waals surface area (Å²) in [5, 5.41) is 4.57. The van der Waals surface area contributed by atoms with E-state index < -0.39 is 15.9 Å². The molecule has 0 atom stereocenters. The fraction of sp³-hybridized carbons (Fsp3) is 0.167. The number of nitrogens with zero attached hydrogens (tertiary/aromatic N) is 2. The van der Waals surface area contributed by atoms with E-state index >= 15 is 0 Å². The quantitative estimate of drug-likeness (QED) is 0.593. The molecule has 10 heteroatoms. The van der Waals surface area contributed by atoms with E-state index in [0.717, 1.165) is 4.68 Å². The Labute approximate surface area is 161 Å². The van der Waals surface area contributed by atoms with Crippen LogP contribution in [0.1, 0.15) is 17.4 Å². The third-order valence-corrected chi connectivity index (χ3v) is 5.18. The fourth-order valence-electron chi connectivity index (χ4n) is 2.58. The average molecular weight is 402 g/mol. The Morgan fingerprint density at radius 3 is 2.39 bits per heavy atom. The van der Waals surface area contributed by atoms with Crippen LogP contribution in [0.4, 0.5) is 0 Å². The number of hydrazine groups is 1.